The molecule has 2 atom stereocenters. The van der Waals surface area contributed by atoms with Crippen molar-refractivity contribution in [3.8, 4) is 0 Å². The average molecular weight is 359 g/mol. The second kappa shape index (κ2) is 6.93. The molecule has 0 aromatic rings. The molecule has 0 aromatic carbocycles. The number of nitrogens with zero attached hydrogens (tertiary/aromatic N) is 2. The van der Waals surface area contributed by atoms with E-state index in [9.17, 15) is 4.39 Å². The van der Waals surface area contributed by atoms with Gasteiger partial charge in [-0.1, -0.05) is 28.1 Å². The molecule has 0 saturated carbocycles. The van der Waals surface area contributed by atoms with E-state index in [-0.39, 0.29) is 10.4 Å². The zero-order chi connectivity index (χ0) is 15.6. The van der Waals surface area contributed by atoms with Gasteiger partial charge < -0.3 is 0 Å². The molecular formula is C17H28BrFN2. The van der Waals surface area contributed by atoms with E-state index in [1.165, 1.54) is 31.5 Å². The fourth-order valence-electron chi connectivity index (χ4n) is 3.17. The highest BCUT2D eigenvalue weighted by atomic mass is 79.9. The van der Waals surface area contributed by atoms with Crippen molar-refractivity contribution < 1.29 is 4.39 Å². The van der Waals surface area contributed by atoms with Crippen molar-refractivity contribution in [1.29, 1.82) is 0 Å². The molecule has 2 aliphatic rings. The maximum atomic E-state index is 13.4. The molecule has 0 bridgehead atoms. The largest absolute Gasteiger partial charge is 0.299 e. The van der Waals surface area contributed by atoms with Crippen molar-refractivity contribution in [3.05, 3.63) is 23.8 Å². The molecule has 0 N–H and O–H groups in total. The van der Waals surface area contributed by atoms with Crippen molar-refractivity contribution in [2.75, 3.05) is 26.7 Å². The molecule has 1 saturated heterocycles. The van der Waals surface area contributed by atoms with Gasteiger partial charge in [0.15, 0.2) is 0 Å². The van der Waals surface area contributed by atoms with Gasteiger partial charge in [0.1, 0.15) is 6.17 Å². The highest BCUT2D eigenvalue weighted by Gasteiger charge is 2.29. The summed E-state index contributed by atoms with van der Waals surface area (Å²) in [6.07, 6.45) is 7.14. The van der Waals surface area contributed by atoms with Crippen LogP contribution in [-0.2, 0) is 0 Å². The summed E-state index contributed by atoms with van der Waals surface area (Å²) in [5.74, 6) is 0. The van der Waals surface area contributed by atoms with Gasteiger partial charge in [-0.2, -0.15) is 0 Å². The van der Waals surface area contributed by atoms with Gasteiger partial charge in [0.05, 0.1) is 4.83 Å². The van der Waals surface area contributed by atoms with Gasteiger partial charge in [-0.15, -0.1) is 0 Å². The third-order valence-electron chi connectivity index (χ3n) is 4.64. The van der Waals surface area contributed by atoms with Gasteiger partial charge in [0, 0.05) is 31.2 Å². The summed E-state index contributed by atoms with van der Waals surface area (Å²) in [6, 6.07) is 0.634. The Balaban J connectivity index is 1.84. The monoisotopic (exact) mass is 358 g/mol. The maximum absolute atomic E-state index is 13.4. The molecule has 1 aliphatic carbocycles. The lowest BCUT2D eigenvalue weighted by atomic mass is 9.96. The van der Waals surface area contributed by atoms with Crippen LogP contribution < -0.4 is 0 Å². The smallest absolute Gasteiger partial charge is 0.134 e. The normalized spacial score (nSPS) is 29.0. The van der Waals surface area contributed by atoms with Gasteiger partial charge in [0.2, 0.25) is 0 Å². The molecule has 2 nitrogen and oxygen atoms in total. The molecule has 4 heteroatoms. The van der Waals surface area contributed by atoms with Crippen molar-refractivity contribution in [2.45, 2.75) is 56.2 Å². The average Bonchev–Trinajstić information content (AvgIpc) is 2.42. The summed E-state index contributed by atoms with van der Waals surface area (Å²) in [4.78, 5) is 4.82. The number of allylic oxidation sites excluding steroid dienone is 2. The molecule has 1 aliphatic heterocycles. The molecule has 0 radical (unpaired) electrons. The Bertz CT molecular complexity index is 406. The van der Waals surface area contributed by atoms with Crippen LogP contribution >= 0.6 is 15.9 Å². The minimum Gasteiger partial charge on any atom is -0.299 e. The van der Waals surface area contributed by atoms with Crippen LogP contribution in [0.5, 0.6) is 0 Å². The molecule has 2 unspecified atom stereocenters. The fourth-order valence-corrected chi connectivity index (χ4v) is 3.69. The number of piperidine rings is 1. The zero-order valence-corrected chi connectivity index (χ0v) is 15.2. The Labute approximate surface area is 137 Å². The lowest BCUT2D eigenvalue weighted by Gasteiger charge is -2.43. The second-order valence-electron chi connectivity index (χ2n) is 7.29. The summed E-state index contributed by atoms with van der Waals surface area (Å²) in [6.45, 7) is 10.1. The third kappa shape index (κ3) is 4.64. The Kier molecular flexibility index (Phi) is 5.66. The quantitative estimate of drug-likeness (QED) is 0.708. The first-order valence-electron chi connectivity index (χ1n) is 7.89. The number of halogens is 2. The fraction of sp³-hybridized carbons (Fsp3) is 0.765. The molecule has 0 spiro atoms. The van der Waals surface area contributed by atoms with Crippen LogP contribution in [0.3, 0.4) is 0 Å². The summed E-state index contributed by atoms with van der Waals surface area (Å²) < 4.78 is 13.4. The predicted octanol–water partition coefficient (Wildman–Crippen LogP) is 3.78. The van der Waals surface area contributed by atoms with Crippen LogP contribution in [-0.4, -0.2) is 59.1 Å². The van der Waals surface area contributed by atoms with E-state index in [1.54, 1.807) is 6.08 Å². The van der Waals surface area contributed by atoms with Crippen LogP contribution in [0.4, 0.5) is 4.39 Å². The molecule has 0 amide bonds. The molecule has 21 heavy (non-hydrogen) atoms. The van der Waals surface area contributed by atoms with Crippen LogP contribution in [0.2, 0.25) is 0 Å². The first kappa shape index (κ1) is 17.2. The Morgan fingerprint density at radius 3 is 2.48 bits per heavy atom. The standard InChI is InChI=1S/C17H28BrFN2/c1-17(2,3)21-9-7-14(8-10-21)20(4)12-13-5-6-16(19)15(18)11-13/h5-6,11,14-16H,7-10,12H2,1-4H3. The molecule has 120 valence electrons. The van der Waals surface area contributed by atoms with Gasteiger partial charge in [-0.3, -0.25) is 9.80 Å². The summed E-state index contributed by atoms with van der Waals surface area (Å²) in [7, 11) is 2.19. The zero-order valence-electron chi connectivity index (χ0n) is 13.6. The molecule has 2 rings (SSSR count). The number of likely N-dealkylation sites (tertiary alicyclic amines) is 1. The van der Waals surface area contributed by atoms with Crippen molar-refractivity contribution in [1.82, 2.24) is 9.80 Å². The summed E-state index contributed by atoms with van der Waals surface area (Å²) in [5.41, 5.74) is 1.49. The molecule has 1 fully saturated rings. The van der Waals surface area contributed by atoms with E-state index in [4.69, 9.17) is 0 Å². The Morgan fingerprint density at radius 2 is 1.95 bits per heavy atom. The number of alkyl halides is 2. The van der Waals surface area contributed by atoms with E-state index in [0.29, 0.717) is 6.04 Å². The number of likely N-dealkylation sites (N-methyl/N-ethyl adjacent to an activating group) is 1. The first-order chi connectivity index (χ1) is 9.77. The van der Waals surface area contributed by atoms with Crippen LogP contribution in [0.25, 0.3) is 0 Å². The Hall–Kier alpha value is -0.190. The van der Waals surface area contributed by atoms with Crippen molar-refractivity contribution in [3.63, 3.8) is 0 Å². The minimum atomic E-state index is -0.894. The van der Waals surface area contributed by atoms with E-state index in [1.807, 2.05) is 12.2 Å². The highest BCUT2D eigenvalue weighted by molar-refractivity contribution is 9.09. The third-order valence-corrected chi connectivity index (χ3v) is 5.41. The summed E-state index contributed by atoms with van der Waals surface area (Å²) >= 11 is 3.38. The second-order valence-corrected chi connectivity index (χ2v) is 8.35. The van der Waals surface area contributed by atoms with E-state index in [0.717, 1.165) is 6.54 Å². The van der Waals surface area contributed by atoms with E-state index >= 15 is 0 Å². The lowest BCUT2D eigenvalue weighted by Crippen LogP contribution is -2.50. The van der Waals surface area contributed by atoms with E-state index in [2.05, 4.69) is 53.5 Å². The van der Waals surface area contributed by atoms with Gasteiger partial charge in [-0.05, 0) is 52.3 Å². The Morgan fingerprint density at radius 1 is 1.33 bits per heavy atom. The maximum Gasteiger partial charge on any atom is 0.134 e. The topological polar surface area (TPSA) is 6.48 Å². The SMILES string of the molecule is CN(CC1=CC(Br)C(F)C=C1)C1CCN(C(C)(C)C)CC1. The van der Waals surface area contributed by atoms with Crippen LogP contribution in [0.15, 0.2) is 23.8 Å². The number of hydrogen-bond acceptors (Lipinski definition) is 2. The highest BCUT2D eigenvalue weighted by Crippen LogP contribution is 2.25. The van der Waals surface area contributed by atoms with Gasteiger partial charge in [0.25, 0.3) is 0 Å². The molecular weight excluding hydrogens is 331 g/mol. The molecule has 1 heterocycles. The van der Waals surface area contributed by atoms with Crippen molar-refractivity contribution >= 4 is 15.9 Å². The van der Waals surface area contributed by atoms with E-state index < -0.39 is 6.17 Å². The van der Waals surface area contributed by atoms with Crippen molar-refractivity contribution in [2.24, 2.45) is 0 Å². The number of rotatable bonds is 3. The van der Waals surface area contributed by atoms with Crippen LogP contribution in [0, 0.1) is 0 Å². The van der Waals surface area contributed by atoms with Crippen LogP contribution in [0.1, 0.15) is 33.6 Å². The first-order valence-corrected chi connectivity index (χ1v) is 8.81. The van der Waals surface area contributed by atoms with Gasteiger partial charge >= 0.3 is 0 Å². The lowest BCUT2D eigenvalue weighted by molar-refractivity contribution is 0.0684. The predicted molar refractivity (Wildman–Crippen MR) is 91.8 cm³/mol. The van der Waals surface area contributed by atoms with Gasteiger partial charge in [-0.25, -0.2) is 4.39 Å². The molecule has 0 aromatic heterocycles. The minimum absolute atomic E-state index is 0.173. The number of hydrogen-bond donors (Lipinski definition) is 0. The summed E-state index contributed by atoms with van der Waals surface area (Å²) in [5, 5.41) is 0.